The number of alkyl carbamates (subject to hydrolysis) is 1. The molecule has 2 N–H and O–H groups in total. The van der Waals surface area contributed by atoms with Crippen molar-refractivity contribution < 1.29 is 42.9 Å². The molecule has 0 aromatic carbocycles. The summed E-state index contributed by atoms with van der Waals surface area (Å²) in [6, 6.07) is -1.21. The summed E-state index contributed by atoms with van der Waals surface area (Å²) in [7, 11) is 0. The summed E-state index contributed by atoms with van der Waals surface area (Å²) in [5, 5.41) is 4.57. The van der Waals surface area contributed by atoms with E-state index >= 15 is 0 Å². The van der Waals surface area contributed by atoms with E-state index in [1.54, 1.807) is 27.7 Å². The van der Waals surface area contributed by atoms with Crippen molar-refractivity contribution in [2.45, 2.75) is 71.6 Å². The number of carbonyl (C=O) groups is 5. The Morgan fingerprint density at radius 1 is 0.938 bits per heavy atom. The third kappa shape index (κ3) is 9.36. The topological polar surface area (TPSA) is 146 Å². The molecule has 0 aliphatic carbocycles. The fraction of sp³-hybridized carbons (Fsp3) is 0.667. The lowest BCUT2D eigenvalue weighted by Gasteiger charge is -2.30. The number of ether oxygens (including phenoxy) is 4. The minimum absolute atomic E-state index is 0.0556. The van der Waals surface area contributed by atoms with Gasteiger partial charge in [0.15, 0.2) is 0 Å². The summed E-state index contributed by atoms with van der Waals surface area (Å²) < 4.78 is 20.1. The highest BCUT2D eigenvalue weighted by molar-refractivity contribution is 6.06. The van der Waals surface area contributed by atoms with Crippen LogP contribution in [0.1, 0.15) is 54.4 Å². The van der Waals surface area contributed by atoms with E-state index < -0.39 is 47.6 Å². The standard InChI is InChI=1S/C21H34N2O9/c1-8-29-16(25)15(23-19(28)32-20(5,6)7)11-14(4)12-21(22-13-24,17(26)30-9-2)18(27)31-10-3/h13,15H,4,8-12H2,1-3,5-7H3,(H,22,24)(H,23,28). The third-order valence-corrected chi connectivity index (χ3v) is 3.82. The van der Waals surface area contributed by atoms with Crippen LogP contribution in [0.2, 0.25) is 0 Å². The van der Waals surface area contributed by atoms with Crippen molar-refractivity contribution in [3.05, 3.63) is 12.2 Å². The fourth-order valence-corrected chi connectivity index (χ4v) is 2.63. The predicted molar refractivity (Wildman–Crippen MR) is 113 cm³/mol. The maximum Gasteiger partial charge on any atom is 0.408 e. The molecule has 0 fully saturated rings. The minimum atomic E-state index is -2.20. The first kappa shape index (κ1) is 28.9. The van der Waals surface area contributed by atoms with Crippen LogP contribution in [-0.2, 0) is 38.1 Å². The van der Waals surface area contributed by atoms with Gasteiger partial charge < -0.3 is 29.6 Å². The molecule has 0 aromatic rings. The van der Waals surface area contributed by atoms with Crippen LogP contribution in [0.4, 0.5) is 4.79 Å². The molecule has 1 unspecified atom stereocenters. The molecule has 2 amide bonds. The van der Waals surface area contributed by atoms with E-state index in [4.69, 9.17) is 18.9 Å². The summed E-state index contributed by atoms with van der Waals surface area (Å²) in [4.78, 5) is 60.9. The van der Waals surface area contributed by atoms with E-state index in [0.717, 1.165) is 0 Å². The molecular weight excluding hydrogens is 424 g/mol. The van der Waals surface area contributed by atoms with E-state index in [2.05, 4.69) is 17.2 Å². The van der Waals surface area contributed by atoms with Crippen LogP contribution < -0.4 is 10.6 Å². The number of amides is 2. The average molecular weight is 459 g/mol. The second-order valence-corrected chi connectivity index (χ2v) is 7.69. The maximum atomic E-state index is 12.6. The van der Waals surface area contributed by atoms with Gasteiger partial charge in [0, 0.05) is 6.42 Å². The van der Waals surface area contributed by atoms with Gasteiger partial charge in [-0.05, 0) is 48.0 Å². The van der Waals surface area contributed by atoms with E-state index in [1.165, 1.54) is 13.8 Å². The van der Waals surface area contributed by atoms with Crippen LogP contribution in [0, 0.1) is 0 Å². The summed E-state index contributed by atoms with van der Waals surface area (Å²) in [6.07, 6.45) is -1.34. The monoisotopic (exact) mass is 458 g/mol. The van der Waals surface area contributed by atoms with Gasteiger partial charge in [0.2, 0.25) is 11.9 Å². The Hall–Kier alpha value is -3.11. The van der Waals surface area contributed by atoms with Gasteiger partial charge in [0.1, 0.15) is 11.6 Å². The number of rotatable bonds is 13. The number of carbonyl (C=O) groups excluding carboxylic acids is 5. The average Bonchev–Trinajstić information content (AvgIpc) is 2.66. The molecule has 11 nitrogen and oxygen atoms in total. The van der Waals surface area contributed by atoms with Crippen LogP contribution in [0.25, 0.3) is 0 Å². The van der Waals surface area contributed by atoms with Gasteiger partial charge in [0.25, 0.3) is 0 Å². The Balaban J connectivity index is 5.78. The molecule has 0 radical (unpaired) electrons. The molecule has 0 rings (SSSR count). The molecule has 182 valence electrons. The molecule has 0 saturated carbocycles. The smallest absolute Gasteiger partial charge is 0.408 e. The lowest BCUT2D eigenvalue weighted by atomic mass is 9.88. The summed E-state index contributed by atoms with van der Waals surface area (Å²) in [5.74, 6) is -2.85. The molecule has 0 saturated heterocycles. The van der Waals surface area contributed by atoms with Crippen molar-refractivity contribution in [2.24, 2.45) is 0 Å². The fourth-order valence-electron chi connectivity index (χ4n) is 2.63. The quantitative estimate of drug-likeness (QED) is 0.137. The Morgan fingerprint density at radius 3 is 1.84 bits per heavy atom. The lowest BCUT2D eigenvalue weighted by molar-refractivity contribution is -0.167. The number of hydrogen-bond donors (Lipinski definition) is 2. The van der Waals surface area contributed by atoms with Crippen LogP contribution >= 0.6 is 0 Å². The van der Waals surface area contributed by atoms with Gasteiger partial charge >= 0.3 is 24.0 Å². The molecule has 0 aliphatic heterocycles. The maximum absolute atomic E-state index is 12.6. The molecule has 32 heavy (non-hydrogen) atoms. The van der Waals surface area contributed by atoms with Crippen molar-refractivity contribution >= 4 is 30.4 Å². The third-order valence-electron chi connectivity index (χ3n) is 3.82. The molecule has 0 aromatic heterocycles. The normalized spacial score (nSPS) is 12.1. The molecule has 0 aliphatic rings. The van der Waals surface area contributed by atoms with Gasteiger partial charge in [-0.25, -0.2) is 19.2 Å². The number of nitrogens with one attached hydrogen (secondary N) is 2. The van der Waals surface area contributed by atoms with Crippen molar-refractivity contribution in [2.75, 3.05) is 19.8 Å². The minimum Gasteiger partial charge on any atom is -0.464 e. The largest absolute Gasteiger partial charge is 0.464 e. The highest BCUT2D eigenvalue weighted by Crippen LogP contribution is 2.23. The molecule has 1 atom stereocenters. The Labute approximate surface area is 188 Å². The highest BCUT2D eigenvalue weighted by atomic mass is 16.6. The van der Waals surface area contributed by atoms with Gasteiger partial charge in [0.05, 0.1) is 19.8 Å². The zero-order valence-electron chi connectivity index (χ0n) is 19.6. The van der Waals surface area contributed by atoms with Crippen LogP contribution in [-0.4, -0.2) is 67.4 Å². The zero-order chi connectivity index (χ0) is 24.9. The van der Waals surface area contributed by atoms with Crippen molar-refractivity contribution in [3.63, 3.8) is 0 Å². The van der Waals surface area contributed by atoms with Gasteiger partial charge in [-0.2, -0.15) is 0 Å². The van der Waals surface area contributed by atoms with E-state index in [-0.39, 0.29) is 38.2 Å². The van der Waals surface area contributed by atoms with Crippen molar-refractivity contribution in [1.29, 1.82) is 0 Å². The van der Waals surface area contributed by atoms with Crippen LogP contribution in [0.5, 0.6) is 0 Å². The summed E-state index contributed by atoms with van der Waals surface area (Å²) in [5.41, 5.74) is -2.85. The van der Waals surface area contributed by atoms with Crippen molar-refractivity contribution in [3.8, 4) is 0 Å². The molecule has 0 heterocycles. The first-order valence-electron chi connectivity index (χ1n) is 10.2. The zero-order valence-corrected chi connectivity index (χ0v) is 19.6. The summed E-state index contributed by atoms with van der Waals surface area (Å²) in [6.45, 7) is 13.4. The van der Waals surface area contributed by atoms with Gasteiger partial charge in [-0.1, -0.05) is 12.2 Å². The van der Waals surface area contributed by atoms with Crippen LogP contribution in [0.15, 0.2) is 12.2 Å². The second kappa shape index (κ2) is 13.3. The highest BCUT2D eigenvalue weighted by Gasteiger charge is 2.49. The van der Waals surface area contributed by atoms with Gasteiger partial charge in [-0.15, -0.1) is 0 Å². The second-order valence-electron chi connectivity index (χ2n) is 7.69. The predicted octanol–water partition coefficient (Wildman–Crippen LogP) is 1.39. The molecule has 0 bridgehead atoms. The molecular formula is C21H34N2O9. The molecule has 11 heteroatoms. The van der Waals surface area contributed by atoms with Crippen LogP contribution in [0.3, 0.4) is 0 Å². The molecule has 0 spiro atoms. The summed E-state index contributed by atoms with van der Waals surface area (Å²) >= 11 is 0. The Kier molecular flexibility index (Phi) is 12.0. The van der Waals surface area contributed by atoms with E-state index in [0.29, 0.717) is 0 Å². The number of esters is 3. The van der Waals surface area contributed by atoms with Crippen molar-refractivity contribution in [1.82, 2.24) is 10.6 Å². The first-order chi connectivity index (χ1) is 14.9. The Bertz CT molecular complexity index is 680. The van der Waals surface area contributed by atoms with E-state index in [9.17, 15) is 24.0 Å². The first-order valence-corrected chi connectivity index (χ1v) is 10.2. The lowest BCUT2D eigenvalue weighted by Crippen LogP contribution is -2.59. The SMILES string of the molecule is C=C(CC(NC(=O)OC(C)(C)C)C(=O)OCC)CC(NC=O)(C(=O)OCC)C(=O)OCC. The van der Waals surface area contributed by atoms with Gasteiger partial charge in [-0.3, -0.25) is 4.79 Å². The van der Waals surface area contributed by atoms with E-state index in [1.807, 2.05) is 0 Å². The number of hydrogen-bond acceptors (Lipinski definition) is 9. The Morgan fingerprint density at radius 2 is 1.44 bits per heavy atom.